The van der Waals surface area contributed by atoms with Gasteiger partial charge in [0.15, 0.2) is 0 Å². The van der Waals surface area contributed by atoms with Crippen molar-refractivity contribution in [2.45, 2.75) is 38.4 Å². The molecular weight excluding hydrogens is 354 g/mol. The molecule has 1 heterocycles. The summed E-state index contributed by atoms with van der Waals surface area (Å²) in [5.41, 5.74) is 1.34. The highest BCUT2D eigenvalue weighted by Gasteiger charge is 2.30. The Morgan fingerprint density at radius 1 is 1.19 bits per heavy atom. The maximum atomic E-state index is 13.6. The van der Waals surface area contributed by atoms with Gasteiger partial charge in [0.25, 0.3) is 0 Å². The van der Waals surface area contributed by atoms with E-state index in [1.165, 1.54) is 19.1 Å². The summed E-state index contributed by atoms with van der Waals surface area (Å²) in [7, 11) is 0. The van der Waals surface area contributed by atoms with Crippen molar-refractivity contribution in [3.63, 3.8) is 0 Å². The first-order chi connectivity index (χ1) is 12.9. The minimum atomic E-state index is -0.676. The Kier molecular flexibility index (Phi) is 5.81. The summed E-state index contributed by atoms with van der Waals surface area (Å²) in [6.07, 6.45) is 0.900. The predicted octanol–water partition coefficient (Wildman–Crippen LogP) is 3.00. The maximum absolute atomic E-state index is 13.6. The van der Waals surface area contributed by atoms with Gasteiger partial charge in [0, 0.05) is 32.0 Å². The molecule has 1 amide bonds. The van der Waals surface area contributed by atoms with Gasteiger partial charge >= 0.3 is 5.97 Å². The van der Waals surface area contributed by atoms with Crippen LogP contribution in [0.2, 0.25) is 0 Å². The molecule has 2 atom stereocenters. The van der Waals surface area contributed by atoms with Crippen LogP contribution in [0.15, 0.2) is 42.5 Å². The summed E-state index contributed by atoms with van der Waals surface area (Å²) in [6.45, 7) is 1.83. The van der Waals surface area contributed by atoms with Crippen molar-refractivity contribution in [2.75, 3.05) is 0 Å². The minimum Gasteiger partial charge on any atom is -0.427 e. The number of amides is 1. The van der Waals surface area contributed by atoms with Crippen LogP contribution in [0, 0.1) is 11.6 Å². The molecule has 7 heteroatoms. The first-order valence-corrected chi connectivity index (χ1v) is 8.67. The average Bonchev–Trinajstić information content (AvgIpc) is 2.60. The van der Waals surface area contributed by atoms with Gasteiger partial charge in [-0.25, -0.2) is 8.78 Å². The standard InChI is InChI=1S/C20H20F2N2O3/c1-12(25)27-17-4-2-13(3-5-17)11-23-18-6-7-19(26)24-20(18)14-8-15(21)10-16(22)9-14/h2-5,8-10,18,20,23H,6-7,11H2,1H3,(H,24,26)/t18-,20+/m1/s1. The van der Waals surface area contributed by atoms with Crippen molar-refractivity contribution < 1.29 is 23.1 Å². The number of piperidine rings is 1. The predicted molar refractivity (Wildman–Crippen MR) is 94.9 cm³/mol. The van der Waals surface area contributed by atoms with E-state index in [4.69, 9.17) is 4.74 Å². The molecule has 2 aromatic rings. The molecule has 0 unspecified atom stereocenters. The molecule has 27 heavy (non-hydrogen) atoms. The summed E-state index contributed by atoms with van der Waals surface area (Å²) in [5.74, 6) is -1.42. The highest BCUT2D eigenvalue weighted by molar-refractivity contribution is 5.77. The molecule has 0 aliphatic carbocycles. The lowest BCUT2D eigenvalue weighted by Crippen LogP contribution is -2.48. The zero-order valence-corrected chi connectivity index (χ0v) is 14.8. The van der Waals surface area contributed by atoms with Crippen molar-refractivity contribution in [1.82, 2.24) is 10.6 Å². The SMILES string of the molecule is CC(=O)Oc1ccc(CN[C@@H]2CCC(=O)N[C@H]2c2cc(F)cc(F)c2)cc1. The van der Waals surface area contributed by atoms with Crippen LogP contribution in [-0.2, 0) is 16.1 Å². The van der Waals surface area contributed by atoms with Crippen LogP contribution < -0.4 is 15.4 Å². The van der Waals surface area contributed by atoms with E-state index < -0.39 is 17.7 Å². The number of benzene rings is 2. The fourth-order valence-electron chi connectivity index (χ4n) is 3.18. The Bertz CT molecular complexity index is 819. The maximum Gasteiger partial charge on any atom is 0.308 e. The number of carbonyl (C=O) groups excluding carboxylic acids is 2. The quantitative estimate of drug-likeness (QED) is 0.624. The van der Waals surface area contributed by atoms with Crippen molar-refractivity contribution in [3.05, 3.63) is 65.2 Å². The van der Waals surface area contributed by atoms with Crippen molar-refractivity contribution in [3.8, 4) is 5.75 Å². The molecular formula is C20H20F2N2O3. The van der Waals surface area contributed by atoms with Gasteiger partial charge in [0.2, 0.25) is 5.91 Å². The molecule has 0 spiro atoms. The van der Waals surface area contributed by atoms with Crippen LogP contribution >= 0.6 is 0 Å². The fourth-order valence-corrected chi connectivity index (χ4v) is 3.18. The number of rotatable bonds is 5. The van der Waals surface area contributed by atoms with Gasteiger partial charge in [-0.1, -0.05) is 12.1 Å². The number of esters is 1. The van der Waals surface area contributed by atoms with Gasteiger partial charge in [-0.05, 0) is 41.8 Å². The van der Waals surface area contributed by atoms with Gasteiger partial charge in [0.1, 0.15) is 17.4 Å². The number of halogens is 2. The van der Waals surface area contributed by atoms with Gasteiger partial charge in [-0.3, -0.25) is 9.59 Å². The smallest absolute Gasteiger partial charge is 0.308 e. The molecule has 142 valence electrons. The molecule has 0 radical (unpaired) electrons. The Balaban J connectivity index is 1.70. The van der Waals surface area contributed by atoms with Crippen molar-refractivity contribution in [1.29, 1.82) is 0 Å². The third-order valence-corrected chi connectivity index (χ3v) is 4.40. The molecule has 0 bridgehead atoms. The number of carbonyl (C=O) groups is 2. The van der Waals surface area contributed by atoms with Crippen LogP contribution in [0.1, 0.15) is 36.9 Å². The van der Waals surface area contributed by atoms with Crippen LogP contribution in [-0.4, -0.2) is 17.9 Å². The van der Waals surface area contributed by atoms with E-state index in [0.29, 0.717) is 30.7 Å². The van der Waals surface area contributed by atoms with Gasteiger partial charge in [-0.2, -0.15) is 0 Å². The molecule has 2 N–H and O–H groups in total. The van der Waals surface area contributed by atoms with E-state index in [2.05, 4.69) is 10.6 Å². The highest BCUT2D eigenvalue weighted by atomic mass is 19.1. The Labute approximate surface area is 155 Å². The Hall–Kier alpha value is -2.80. The van der Waals surface area contributed by atoms with E-state index in [9.17, 15) is 18.4 Å². The molecule has 2 aromatic carbocycles. The second-order valence-corrected chi connectivity index (χ2v) is 6.51. The van der Waals surface area contributed by atoms with Gasteiger partial charge in [-0.15, -0.1) is 0 Å². The number of ether oxygens (including phenoxy) is 1. The minimum absolute atomic E-state index is 0.145. The van der Waals surface area contributed by atoms with Gasteiger partial charge in [0.05, 0.1) is 6.04 Å². The topological polar surface area (TPSA) is 67.4 Å². The fraction of sp³-hybridized carbons (Fsp3) is 0.300. The molecule has 1 aliphatic heterocycles. The molecule has 0 aromatic heterocycles. The largest absolute Gasteiger partial charge is 0.427 e. The lowest BCUT2D eigenvalue weighted by atomic mass is 9.91. The molecule has 1 saturated heterocycles. The van der Waals surface area contributed by atoms with Crippen LogP contribution in [0.4, 0.5) is 8.78 Å². The van der Waals surface area contributed by atoms with Crippen LogP contribution in [0.25, 0.3) is 0 Å². The second-order valence-electron chi connectivity index (χ2n) is 6.51. The van der Waals surface area contributed by atoms with E-state index in [1.807, 2.05) is 12.1 Å². The summed E-state index contributed by atoms with van der Waals surface area (Å²) < 4.78 is 32.1. The lowest BCUT2D eigenvalue weighted by Gasteiger charge is -2.33. The van der Waals surface area contributed by atoms with Gasteiger partial charge < -0.3 is 15.4 Å². The first kappa shape index (κ1) is 19.0. The summed E-state index contributed by atoms with van der Waals surface area (Å²) in [5, 5.41) is 6.15. The Morgan fingerprint density at radius 2 is 1.85 bits per heavy atom. The number of nitrogens with one attached hydrogen (secondary N) is 2. The molecule has 5 nitrogen and oxygen atoms in total. The zero-order chi connectivity index (χ0) is 19.4. The second kappa shape index (κ2) is 8.26. The lowest BCUT2D eigenvalue weighted by molar-refractivity contribution is -0.132. The normalized spacial score (nSPS) is 19.4. The molecule has 1 fully saturated rings. The van der Waals surface area contributed by atoms with E-state index >= 15 is 0 Å². The van der Waals surface area contributed by atoms with Crippen LogP contribution in [0.3, 0.4) is 0 Å². The number of hydrogen-bond acceptors (Lipinski definition) is 4. The van der Waals surface area contributed by atoms with E-state index in [0.717, 1.165) is 11.6 Å². The monoisotopic (exact) mass is 374 g/mol. The van der Waals surface area contributed by atoms with Crippen molar-refractivity contribution in [2.24, 2.45) is 0 Å². The van der Waals surface area contributed by atoms with E-state index in [1.54, 1.807) is 12.1 Å². The van der Waals surface area contributed by atoms with Crippen molar-refractivity contribution >= 4 is 11.9 Å². The Morgan fingerprint density at radius 3 is 2.48 bits per heavy atom. The number of hydrogen-bond donors (Lipinski definition) is 2. The zero-order valence-electron chi connectivity index (χ0n) is 14.8. The highest BCUT2D eigenvalue weighted by Crippen LogP contribution is 2.26. The van der Waals surface area contributed by atoms with Crippen LogP contribution in [0.5, 0.6) is 5.75 Å². The first-order valence-electron chi connectivity index (χ1n) is 8.67. The summed E-state index contributed by atoms with van der Waals surface area (Å²) >= 11 is 0. The third kappa shape index (κ3) is 5.10. The summed E-state index contributed by atoms with van der Waals surface area (Å²) in [6, 6.07) is 9.63. The molecule has 1 aliphatic rings. The third-order valence-electron chi connectivity index (χ3n) is 4.40. The van der Waals surface area contributed by atoms with E-state index in [-0.39, 0.29) is 17.9 Å². The molecule has 3 rings (SSSR count). The average molecular weight is 374 g/mol. The summed E-state index contributed by atoms with van der Waals surface area (Å²) in [4.78, 5) is 22.7. The molecule has 0 saturated carbocycles.